The summed E-state index contributed by atoms with van der Waals surface area (Å²) in [5.41, 5.74) is 2.00. The lowest BCUT2D eigenvalue weighted by Crippen LogP contribution is -2.39. The average Bonchev–Trinajstić information content (AvgIpc) is 2.56. The largest absolute Gasteiger partial charge is 0.380 e. The van der Waals surface area contributed by atoms with Crippen LogP contribution in [0.1, 0.15) is 26.3 Å². The molecule has 0 heterocycles. The van der Waals surface area contributed by atoms with E-state index in [-0.39, 0.29) is 36.4 Å². The number of hydrogen-bond acceptors (Lipinski definition) is 3. The highest BCUT2D eigenvalue weighted by Gasteiger charge is 2.03. The molecule has 0 bridgehead atoms. The molecule has 24 heavy (non-hydrogen) atoms. The topological polar surface area (TPSA) is 74.8 Å². The zero-order chi connectivity index (χ0) is 16.9. The highest BCUT2D eigenvalue weighted by molar-refractivity contribution is 14.0. The Morgan fingerprint density at radius 1 is 1.21 bits per heavy atom. The summed E-state index contributed by atoms with van der Waals surface area (Å²) in [7, 11) is 0. The van der Waals surface area contributed by atoms with Crippen LogP contribution < -0.4 is 16.0 Å². The molecule has 0 fully saturated rings. The molecule has 0 aliphatic rings. The highest BCUT2D eigenvalue weighted by atomic mass is 127. The summed E-state index contributed by atoms with van der Waals surface area (Å²) in [6.07, 6.45) is 0.941. The number of halogens is 1. The summed E-state index contributed by atoms with van der Waals surface area (Å²) in [5.74, 6) is 0.477. The second-order valence-corrected chi connectivity index (χ2v) is 4.92. The van der Waals surface area contributed by atoms with E-state index in [1.54, 1.807) is 0 Å². The highest BCUT2D eigenvalue weighted by Crippen LogP contribution is 2.10. The summed E-state index contributed by atoms with van der Waals surface area (Å²) in [5, 5.41) is 9.09. The van der Waals surface area contributed by atoms with Crippen molar-refractivity contribution >= 4 is 41.5 Å². The Hall–Kier alpha value is -1.35. The van der Waals surface area contributed by atoms with Crippen molar-refractivity contribution in [2.75, 3.05) is 38.2 Å². The number of nitrogens with zero attached hydrogens (tertiary/aromatic N) is 1. The van der Waals surface area contributed by atoms with Crippen LogP contribution in [-0.4, -0.2) is 44.7 Å². The molecule has 1 aromatic rings. The van der Waals surface area contributed by atoms with E-state index in [4.69, 9.17) is 4.74 Å². The minimum Gasteiger partial charge on any atom is -0.380 e. The van der Waals surface area contributed by atoms with E-state index < -0.39 is 0 Å². The summed E-state index contributed by atoms with van der Waals surface area (Å²) in [6, 6.07) is 7.84. The predicted octanol–water partition coefficient (Wildman–Crippen LogP) is 2.40. The molecule has 0 aliphatic heterocycles. The standard InChI is InChI=1S/C17H28N4O2.HI/c1-4-14-8-7-9-15(12-14)21-16(22)13-20-17(18-5-2)19-10-11-23-6-3;/h7-9,12H,4-6,10-11,13H2,1-3H3,(H,21,22)(H2,18,19,20);1H. The first kappa shape index (κ1) is 22.6. The van der Waals surface area contributed by atoms with Crippen molar-refractivity contribution in [2.24, 2.45) is 4.99 Å². The Labute approximate surface area is 161 Å². The molecule has 0 saturated heterocycles. The lowest BCUT2D eigenvalue weighted by molar-refractivity contribution is -0.114. The van der Waals surface area contributed by atoms with Crippen LogP contribution in [0.3, 0.4) is 0 Å². The third kappa shape index (κ3) is 9.71. The Balaban J connectivity index is 0.00000529. The summed E-state index contributed by atoms with van der Waals surface area (Å²) in [4.78, 5) is 16.3. The van der Waals surface area contributed by atoms with Crippen molar-refractivity contribution in [1.29, 1.82) is 0 Å². The van der Waals surface area contributed by atoms with Gasteiger partial charge in [-0.1, -0.05) is 19.1 Å². The van der Waals surface area contributed by atoms with Crippen molar-refractivity contribution < 1.29 is 9.53 Å². The fourth-order valence-corrected chi connectivity index (χ4v) is 1.95. The number of aryl methyl sites for hydroxylation is 1. The molecule has 1 amide bonds. The van der Waals surface area contributed by atoms with Crippen molar-refractivity contribution in [2.45, 2.75) is 27.2 Å². The number of carbonyl (C=O) groups is 1. The van der Waals surface area contributed by atoms with Gasteiger partial charge in [0, 0.05) is 25.4 Å². The molecule has 3 N–H and O–H groups in total. The molecule has 0 radical (unpaired) electrons. The average molecular weight is 448 g/mol. The second-order valence-electron chi connectivity index (χ2n) is 4.92. The molecular formula is C17H29IN4O2. The maximum atomic E-state index is 12.0. The molecule has 0 spiro atoms. The van der Waals surface area contributed by atoms with E-state index in [1.807, 2.05) is 38.1 Å². The van der Waals surface area contributed by atoms with Gasteiger partial charge in [0.25, 0.3) is 0 Å². The van der Waals surface area contributed by atoms with Gasteiger partial charge in [-0.25, -0.2) is 4.99 Å². The van der Waals surface area contributed by atoms with Crippen molar-refractivity contribution in [3.05, 3.63) is 29.8 Å². The molecule has 0 atom stereocenters. The first-order valence-corrected chi connectivity index (χ1v) is 8.18. The number of amides is 1. The first-order chi connectivity index (χ1) is 11.2. The molecule has 1 aromatic carbocycles. The minimum absolute atomic E-state index is 0. The van der Waals surface area contributed by atoms with Gasteiger partial charge in [-0.2, -0.15) is 0 Å². The van der Waals surface area contributed by atoms with Gasteiger partial charge in [-0.05, 0) is 38.0 Å². The Kier molecular flexibility index (Phi) is 13.2. The Morgan fingerprint density at radius 3 is 2.67 bits per heavy atom. The maximum absolute atomic E-state index is 12.0. The number of hydrogen-bond donors (Lipinski definition) is 3. The van der Waals surface area contributed by atoms with E-state index in [2.05, 4.69) is 27.9 Å². The van der Waals surface area contributed by atoms with Crippen LogP contribution in [0.15, 0.2) is 29.3 Å². The smallest absolute Gasteiger partial charge is 0.246 e. The van der Waals surface area contributed by atoms with Crippen LogP contribution in [0.4, 0.5) is 5.69 Å². The van der Waals surface area contributed by atoms with E-state index in [0.29, 0.717) is 25.7 Å². The normalized spacial score (nSPS) is 10.7. The lowest BCUT2D eigenvalue weighted by atomic mass is 10.1. The molecule has 6 nitrogen and oxygen atoms in total. The van der Waals surface area contributed by atoms with Gasteiger partial charge >= 0.3 is 0 Å². The molecule has 1 rings (SSSR count). The van der Waals surface area contributed by atoms with E-state index in [1.165, 1.54) is 5.56 Å². The summed E-state index contributed by atoms with van der Waals surface area (Å²) < 4.78 is 5.26. The van der Waals surface area contributed by atoms with E-state index >= 15 is 0 Å². The van der Waals surface area contributed by atoms with E-state index in [0.717, 1.165) is 18.7 Å². The van der Waals surface area contributed by atoms with Crippen LogP contribution in [0.5, 0.6) is 0 Å². The van der Waals surface area contributed by atoms with Gasteiger partial charge in [-0.15, -0.1) is 24.0 Å². The molecule has 0 saturated carbocycles. The van der Waals surface area contributed by atoms with Gasteiger partial charge < -0.3 is 20.7 Å². The quantitative estimate of drug-likeness (QED) is 0.235. The number of benzene rings is 1. The third-order valence-corrected chi connectivity index (χ3v) is 3.09. The van der Waals surface area contributed by atoms with Crippen molar-refractivity contribution in [3.8, 4) is 0 Å². The second kappa shape index (κ2) is 14.0. The molecular weight excluding hydrogens is 419 g/mol. The molecule has 136 valence electrons. The van der Waals surface area contributed by atoms with Crippen molar-refractivity contribution in [3.63, 3.8) is 0 Å². The number of anilines is 1. The molecule has 0 unspecified atom stereocenters. The Morgan fingerprint density at radius 2 is 2.00 bits per heavy atom. The van der Waals surface area contributed by atoms with Crippen LogP contribution in [0.25, 0.3) is 0 Å². The fourth-order valence-electron chi connectivity index (χ4n) is 1.95. The van der Waals surface area contributed by atoms with Crippen LogP contribution in [0.2, 0.25) is 0 Å². The van der Waals surface area contributed by atoms with Crippen molar-refractivity contribution in [1.82, 2.24) is 10.6 Å². The Bertz CT molecular complexity index is 509. The van der Waals surface area contributed by atoms with Gasteiger partial charge in [0.15, 0.2) is 5.96 Å². The molecule has 0 aliphatic carbocycles. The number of guanidine groups is 1. The third-order valence-electron chi connectivity index (χ3n) is 3.09. The zero-order valence-corrected chi connectivity index (χ0v) is 17.1. The number of ether oxygens (including phenoxy) is 1. The number of rotatable bonds is 9. The lowest BCUT2D eigenvalue weighted by Gasteiger charge is -2.11. The number of nitrogens with one attached hydrogen (secondary N) is 3. The predicted molar refractivity (Wildman–Crippen MR) is 110 cm³/mol. The van der Waals surface area contributed by atoms with Crippen LogP contribution >= 0.6 is 24.0 Å². The maximum Gasteiger partial charge on any atom is 0.246 e. The van der Waals surface area contributed by atoms with Gasteiger partial charge in [0.2, 0.25) is 5.91 Å². The van der Waals surface area contributed by atoms with E-state index in [9.17, 15) is 4.79 Å². The van der Waals surface area contributed by atoms with Crippen LogP contribution in [-0.2, 0) is 16.0 Å². The number of carbonyl (C=O) groups excluding carboxylic acids is 1. The van der Waals surface area contributed by atoms with Gasteiger partial charge in [0.1, 0.15) is 6.54 Å². The summed E-state index contributed by atoms with van der Waals surface area (Å²) in [6.45, 7) is 8.78. The monoisotopic (exact) mass is 448 g/mol. The van der Waals surface area contributed by atoms with Crippen LogP contribution in [0, 0.1) is 0 Å². The molecule has 0 aromatic heterocycles. The first-order valence-electron chi connectivity index (χ1n) is 8.18. The fraction of sp³-hybridized carbons (Fsp3) is 0.529. The minimum atomic E-state index is -0.139. The van der Waals surface area contributed by atoms with Gasteiger partial charge in [-0.3, -0.25) is 4.79 Å². The number of aliphatic imine (C=N–C) groups is 1. The van der Waals surface area contributed by atoms with Gasteiger partial charge in [0.05, 0.1) is 6.61 Å². The summed E-state index contributed by atoms with van der Waals surface area (Å²) >= 11 is 0. The molecule has 7 heteroatoms. The zero-order valence-electron chi connectivity index (χ0n) is 14.7. The SMILES string of the molecule is CCNC(=NCC(=O)Nc1cccc(CC)c1)NCCOCC.I.